The number of anilines is 3. The van der Waals surface area contributed by atoms with Gasteiger partial charge in [-0.15, -0.1) is 0 Å². The minimum absolute atomic E-state index is 0.191. The van der Waals surface area contributed by atoms with E-state index in [9.17, 15) is 0 Å². The Balaban J connectivity index is 1.38. The molecule has 3 aromatic carbocycles. The third-order valence-electron chi connectivity index (χ3n) is 9.45. The molecule has 0 amide bonds. The minimum Gasteiger partial charge on any atom is -0.295 e. The van der Waals surface area contributed by atoms with E-state index in [0.717, 1.165) is 83.9 Å². The summed E-state index contributed by atoms with van der Waals surface area (Å²) in [6, 6.07) is 29.0. The molecule has 11 heteroatoms. The van der Waals surface area contributed by atoms with Crippen LogP contribution in [-0.4, -0.2) is 50.7 Å². The third-order valence-corrected chi connectivity index (χ3v) is 9.45. The molecule has 10 nitrogen and oxygen atoms in total. The smallest absolute Gasteiger partial charge is 0.277 e. The Labute approximate surface area is 273 Å². The summed E-state index contributed by atoms with van der Waals surface area (Å²) in [5.74, 6) is 1.42. The molecule has 0 bridgehead atoms. The highest BCUT2D eigenvalue weighted by Gasteiger charge is 2.45. The second-order valence-electron chi connectivity index (χ2n) is 11.9. The molecule has 0 unspecified atom stereocenters. The number of rotatable bonds is 3. The summed E-state index contributed by atoms with van der Waals surface area (Å²) in [4.78, 5) is 36.4. The number of hydrogen-bond acceptors (Lipinski definition) is 8. The average Bonchev–Trinajstić information content (AvgIpc) is 3.68. The zero-order chi connectivity index (χ0) is 31.3. The molecule has 0 fully saturated rings. The summed E-state index contributed by atoms with van der Waals surface area (Å²) >= 11 is 0. The molecule has 11 rings (SSSR count). The first-order chi connectivity index (χ1) is 23.9. The Bertz CT molecular complexity index is 2740. The van der Waals surface area contributed by atoms with E-state index in [4.69, 9.17) is 34.9 Å². The van der Waals surface area contributed by atoms with Crippen molar-refractivity contribution in [2.45, 2.75) is 0 Å². The highest BCUT2D eigenvalue weighted by molar-refractivity contribution is 6.99. The number of fused-ring (bicyclic) bond motifs is 9. The zero-order valence-electron chi connectivity index (χ0n) is 25.2. The maximum absolute atomic E-state index is 5.04. The van der Waals surface area contributed by atoms with Gasteiger partial charge in [-0.25, -0.2) is 19.9 Å². The van der Waals surface area contributed by atoms with E-state index in [-0.39, 0.29) is 6.71 Å². The van der Waals surface area contributed by atoms with Crippen LogP contribution in [0.3, 0.4) is 0 Å². The fourth-order valence-electron chi connectivity index (χ4n) is 7.68. The van der Waals surface area contributed by atoms with Crippen LogP contribution < -0.4 is 21.4 Å². The molecule has 222 valence electrons. The lowest BCUT2D eigenvalue weighted by Crippen LogP contribution is -2.61. The first kappa shape index (κ1) is 25.4. The second-order valence-corrected chi connectivity index (χ2v) is 11.9. The number of nitrogens with zero attached hydrogens (tertiary/aromatic N) is 10. The van der Waals surface area contributed by atoms with Crippen molar-refractivity contribution in [1.82, 2.24) is 44.0 Å². The summed E-state index contributed by atoms with van der Waals surface area (Å²) in [7, 11) is 0. The lowest BCUT2D eigenvalue weighted by Gasteiger charge is -2.38. The fourth-order valence-corrected chi connectivity index (χ4v) is 7.68. The van der Waals surface area contributed by atoms with E-state index >= 15 is 0 Å². The van der Waals surface area contributed by atoms with Crippen LogP contribution in [0.5, 0.6) is 0 Å². The van der Waals surface area contributed by atoms with Crippen molar-refractivity contribution in [3.8, 4) is 22.8 Å². The number of benzene rings is 3. The molecule has 0 aliphatic carbocycles. The maximum atomic E-state index is 5.04. The van der Waals surface area contributed by atoms with E-state index in [1.165, 1.54) is 0 Å². The molecule has 2 aliphatic rings. The van der Waals surface area contributed by atoms with Crippen molar-refractivity contribution in [3.05, 3.63) is 128 Å². The van der Waals surface area contributed by atoms with E-state index in [2.05, 4.69) is 56.5 Å². The van der Waals surface area contributed by atoms with Gasteiger partial charge in [-0.05, 0) is 59.5 Å². The van der Waals surface area contributed by atoms with Crippen LogP contribution in [-0.2, 0) is 0 Å². The Morgan fingerprint density at radius 3 is 2.08 bits per heavy atom. The van der Waals surface area contributed by atoms with Gasteiger partial charge in [-0.3, -0.25) is 29.0 Å². The SMILES string of the molecule is c1ccc(N2c3cc(-c4ncccn4)cc4c3B(c3nccnc32)c2ccnc3c5c6nccnc6n(-c6ccccc6)c5n-4c23)cc1. The molecule has 0 radical (unpaired) electrons. The zero-order valence-corrected chi connectivity index (χ0v) is 25.2. The minimum atomic E-state index is -0.191. The van der Waals surface area contributed by atoms with Crippen LogP contribution in [0.25, 0.3) is 56.0 Å². The first-order valence-electron chi connectivity index (χ1n) is 15.7. The van der Waals surface area contributed by atoms with Crippen LogP contribution in [0.4, 0.5) is 17.2 Å². The average molecular weight is 616 g/mol. The number of aromatic nitrogens is 9. The van der Waals surface area contributed by atoms with Crippen LogP contribution in [0, 0.1) is 0 Å². The van der Waals surface area contributed by atoms with Crippen molar-refractivity contribution in [3.63, 3.8) is 0 Å². The highest BCUT2D eigenvalue weighted by Crippen LogP contribution is 2.43. The van der Waals surface area contributed by atoms with E-state index in [1.807, 2.05) is 48.7 Å². The Kier molecular flexibility index (Phi) is 4.98. The molecule has 8 heterocycles. The molecular weight excluding hydrogens is 595 g/mol. The summed E-state index contributed by atoms with van der Waals surface area (Å²) in [5.41, 5.74) is 12.4. The van der Waals surface area contributed by atoms with Gasteiger partial charge in [0.25, 0.3) is 6.71 Å². The summed E-state index contributed by atoms with van der Waals surface area (Å²) in [5, 5.41) is 0.951. The van der Waals surface area contributed by atoms with Gasteiger partial charge in [-0.1, -0.05) is 36.4 Å². The lowest BCUT2D eigenvalue weighted by molar-refractivity contribution is 1.04. The highest BCUT2D eigenvalue weighted by atomic mass is 15.2. The number of pyridine rings is 1. The predicted octanol–water partition coefficient (Wildman–Crippen LogP) is 4.77. The van der Waals surface area contributed by atoms with Crippen LogP contribution >= 0.6 is 0 Å². The lowest BCUT2D eigenvalue weighted by atomic mass is 9.35. The molecule has 6 aromatic heterocycles. The predicted molar refractivity (Wildman–Crippen MR) is 187 cm³/mol. The summed E-state index contributed by atoms with van der Waals surface area (Å²) in [6.07, 6.45) is 12.5. The molecule has 9 aromatic rings. The number of hydrogen-bond donors (Lipinski definition) is 0. The molecule has 48 heavy (non-hydrogen) atoms. The van der Waals surface area contributed by atoms with Gasteiger partial charge in [0.15, 0.2) is 17.3 Å². The molecule has 0 N–H and O–H groups in total. The van der Waals surface area contributed by atoms with E-state index in [1.54, 1.807) is 37.2 Å². The van der Waals surface area contributed by atoms with Crippen molar-refractivity contribution in [2.24, 2.45) is 0 Å². The van der Waals surface area contributed by atoms with Gasteiger partial charge < -0.3 is 0 Å². The van der Waals surface area contributed by atoms with Gasteiger partial charge in [0.2, 0.25) is 0 Å². The largest absolute Gasteiger partial charge is 0.295 e. The fraction of sp³-hybridized carbons (Fsp3) is 0. The Morgan fingerprint density at radius 2 is 1.25 bits per heavy atom. The van der Waals surface area contributed by atoms with Gasteiger partial charge in [0, 0.05) is 71.7 Å². The monoisotopic (exact) mass is 616 g/mol. The van der Waals surface area contributed by atoms with Gasteiger partial charge in [0.05, 0.1) is 22.0 Å². The van der Waals surface area contributed by atoms with Gasteiger partial charge in [0.1, 0.15) is 11.2 Å². The summed E-state index contributed by atoms with van der Waals surface area (Å²) < 4.78 is 4.54. The van der Waals surface area contributed by atoms with Crippen LogP contribution in [0.2, 0.25) is 0 Å². The molecule has 0 spiro atoms. The third kappa shape index (κ3) is 3.24. The van der Waals surface area contributed by atoms with Crippen molar-refractivity contribution in [2.75, 3.05) is 4.90 Å². The van der Waals surface area contributed by atoms with Crippen molar-refractivity contribution >= 4 is 73.7 Å². The quantitative estimate of drug-likeness (QED) is 0.262. The normalized spacial score (nSPS) is 12.9. The summed E-state index contributed by atoms with van der Waals surface area (Å²) in [6.45, 7) is -0.191. The van der Waals surface area contributed by atoms with Crippen molar-refractivity contribution < 1.29 is 0 Å². The standard InChI is InChI=1S/C37H21BN10/c1-3-8-23(9-4-1)46-26-20-22(34-42-13-7-14-43-34)21-27-29(26)38(33-36(46)45-19-17-41-33)25-12-15-39-30-28-31-35(44-18-16-40-31)47(24-10-5-2-6-11-24)37(28)48(27)32(25)30/h1-21H. The number of para-hydroxylation sites is 2. The molecular formula is C37H21BN10. The molecule has 0 saturated carbocycles. The topological polar surface area (TPSA) is 103 Å². The van der Waals surface area contributed by atoms with Crippen molar-refractivity contribution in [1.29, 1.82) is 0 Å². The maximum Gasteiger partial charge on any atom is 0.277 e. The molecule has 2 aliphatic heterocycles. The van der Waals surface area contributed by atoms with Crippen LogP contribution in [0.15, 0.2) is 128 Å². The Hall–Kier alpha value is -6.75. The van der Waals surface area contributed by atoms with Gasteiger partial charge >= 0.3 is 0 Å². The molecule has 0 saturated heterocycles. The first-order valence-corrected chi connectivity index (χ1v) is 15.7. The van der Waals surface area contributed by atoms with Crippen LogP contribution in [0.1, 0.15) is 0 Å². The second kappa shape index (κ2) is 9.40. The van der Waals surface area contributed by atoms with E-state index in [0.29, 0.717) is 5.82 Å². The van der Waals surface area contributed by atoms with E-state index < -0.39 is 0 Å². The van der Waals surface area contributed by atoms with Gasteiger partial charge in [-0.2, -0.15) is 0 Å². The Morgan fingerprint density at radius 1 is 0.542 bits per heavy atom. The molecule has 0 atom stereocenters.